The summed E-state index contributed by atoms with van der Waals surface area (Å²) in [7, 11) is -2.52. The van der Waals surface area contributed by atoms with E-state index < -0.39 is 8.32 Å². The number of phenolic OH excluding ortho intramolecular Hbond substituents is 3. The van der Waals surface area contributed by atoms with E-state index in [9.17, 15) is 15.3 Å². The van der Waals surface area contributed by atoms with Crippen molar-refractivity contribution in [1.82, 2.24) is 0 Å². The van der Waals surface area contributed by atoms with Crippen molar-refractivity contribution in [2.45, 2.75) is 202 Å². The Kier molecular flexibility index (Phi) is 13.3. The molecule has 58 heavy (non-hydrogen) atoms. The fourth-order valence-electron chi connectivity index (χ4n) is 7.78. The number of benzene rings is 4. The van der Waals surface area contributed by atoms with Crippen LogP contribution in [0.1, 0.15) is 147 Å². The van der Waals surface area contributed by atoms with E-state index in [0.29, 0.717) is 36.2 Å². The number of aromatic hydroxyl groups is 3. The van der Waals surface area contributed by atoms with E-state index >= 15 is 0 Å². The molecule has 4 aromatic carbocycles. The lowest BCUT2D eigenvalue weighted by Crippen LogP contribution is -2.51. The second kappa shape index (κ2) is 16.5. The molecule has 0 amide bonds. The van der Waals surface area contributed by atoms with Crippen LogP contribution in [-0.4, -0.2) is 23.6 Å². The molecule has 0 spiro atoms. The lowest BCUT2D eigenvalue weighted by atomic mass is 9.87. The number of hydrogen-bond acceptors (Lipinski definition) is 8. The molecule has 9 heteroatoms. The van der Waals surface area contributed by atoms with Gasteiger partial charge in [0.1, 0.15) is 23.0 Å². The van der Waals surface area contributed by atoms with Crippen molar-refractivity contribution >= 4 is 55.4 Å². The average Bonchev–Trinajstić information content (AvgIpc) is 3.06. The van der Waals surface area contributed by atoms with Crippen LogP contribution in [0.4, 0.5) is 0 Å². The van der Waals surface area contributed by atoms with Gasteiger partial charge in [-0.2, -0.15) is 0 Å². The first-order valence-electron chi connectivity index (χ1n) is 20.7. The Hall–Kier alpha value is -2.30. The monoisotopic (exact) mass is 876 g/mol. The Bertz CT molecular complexity index is 2040. The third kappa shape index (κ3) is 9.59. The molecule has 3 N–H and O–H groups in total. The van der Waals surface area contributed by atoms with E-state index in [1.807, 2.05) is 0 Å². The molecule has 4 aromatic rings. The second-order valence-corrected chi connectivity index (χ2v) is 30.8. The molecule has 4 nitrogen and oxygen atoms in total. The predicted octanol–water partition coefficient (Wildman–Crippen LogP) is 16.5. The van der Waals surface area contributed by atoms with Gasteiger partial charge < -0.3 is 19.7 Å². The van der Waals surface area contributed by atoms with Crippen LogP contribution in [0.2, 0.25) is 16.6 Å². The Balaban J connectivity index is 1.99. The van der Waals surface area contributed by atoms with Gasteiger partial charge in [0.05, 0.1) is 39.2 Å². The van der Waals surface area contributed by atoms with Crippen molar-refractivity contribution < 1.29 is 19.7 Å². The first-order valence-corrected chi connectivity index (χ1v) is 26.1. The van der Waals surface area contributed by atoms with E-state index in [4.69, 9.17) is 4.43 Å². The number of hydrogen-bond donors (Lipinski definition) is 3. The molecule has 0 saturated heterocycles. The molecular formula is C49H68O4S4Si. The zero-order valence-corrected chi connectivity index (χ0v) is 42.5. The van der Waals surface area contributed by atoms with Gasteiger partial charge in [0.15, 0.2) is 0 Å². The molecule has 8 bridgehead atoms. The van der Waals surface area contributed by atoms with Crippen LogP contribution < -0.4 is 4.43 Å². The summed E-state index contributed by atoms with van der Waals surface area (Å²) < 4.78 is 7.77. The summed E-state index contributed by atoms with van der Waals surface area (Å²) in [6, 6.07) is 17.0. The Morgan fingerprint density at radius 1 is 0.379 bits per heavy atom. The van der Waals surface area contributed by atoms with Gasteiger partial charge in [-0.15, -0.1) is 0 Å². The summed E-state index contributed by atoms with van der Waals surface area (Å²) in [5.41, 5.74) is 4.48. The zero-order valence-electron chi connectivity index (χ0n) is 38.2. The van der Waals surface area contributed by atoms with Gasteiger partial charge in [-0.1, -0.05) is 172 Å². The van der Waals surface area contributed by atoms with E-state index in [-0.39, 0.29) is 38.9 Å². The highest BCUT2D eigenvalue weighted by Gasteiger charge is 2.48. The highest BCUT2D eigenvalue weighted by molar-refractivity contribution is 8.01. The van der Waals surface area contributed by atoms with Gasteiger partial charge in [0, 0.05) is 0 Å². The molecule has 316 valence electrons. The third-order valence-electron chi connectivity index (χ3n) is 11.5. The predicted molar refractivity (Wildman–Crippen MR) is 254 cm³/mol. The molecule has 1 heterocycles. The van der Waals surface area contributed by atoms with Crippen LogP contribution in [0.25, 0.3) is 0 Å². The Morgan fingerprint density at radius 3 is 0.759 bits per heavy atom. The molecular weight excluding hydrogens is 809 g/mol. The van der Waals surface area contributed by atoms with Crippen molar-refractivity contribution in [3.8, 4) is 23.0 Å². The summed E-state index contributed by atoms with van der Waals surface area (Å²) in [6.45, 7) is 40.3. The largest absolute Gasteiger partial charge is 0.541 e. The first-order chi connectivity index (χ1) is 26.4. The lowest BCUT2D eigenvalue weighted by molar-refractivity contribution is 0.442. The minimum Gasteiger partial charge on any atom is -0.541 e. The summed E-state index contributed by atoms with van der Waals surface area (Å²) in [4.78, 5) is 6.03. The molecule has 5 rings (SSSR count). The molecule has 0 atom stereocenters. The number of phenols is 3. The van der Waals surface area contributed by atoms with Crippen LogP contribution in [0.3, 0.4) is 0 Å². The second-order valence-electron chi connectivity index (χ2n) is 21.1. The lowest BCUT2D eigenvalue weighted by Gasteiger charge is -2.43. The first kappa shape index (κ1) is 46.8. The summed E-state index contributed by atoms with van der Waals surface area (Å²) >= 11 is 5.90. The van der Waals surface area contributed by atoms with Gasteiger partial charge in [-0.25, -0.2) is 0 Å². The average molecular weight is 877 g/mol. The molecule has 0 radical (unpaired) electrons. The normalized spacial score (nSPS) is 14.4. The van der Waals surface area contributed by atoms with Gasteiger partial charge >= 0.3 is 0 Å². The van der Waals surface area contributed by atoms with Crippen molar-refractivity contribution in [2.24, 2.45) is 0 Å². The molecule has 1 aliphatic heterocycles. The maximum absolute atomic E-state index is 12.4. The van der Waals surface area contributed by atoms with Gasteiger partial charge in [-0.05, 0) is 109 Å². The molecule has 0 aromatic heterocycles. The highest BCUT2D eigenvalue weighted by atomic mass is 32.2. The van der Waals surface area contributed by atoms with Gasteiger partial charge in [0.25, 0.3) is 8.32 Å². The maximum Gasteiger partial charge on any atom is 0.258 e. The van der Waals surface area contributed by atoms with Crippen LogP contribution in [-0.2, 0) is 21.7 Å². The summed E-state index contributed by atoms with van der Waals surface area (Å²) in [5.74, 6) is 1.32. The smallest absolute Gasteiger partial charge is 0.258 e. The maximum atomic E-state index is 12.4. The van der Waals surface area contributed by atoms with Crippen LogP contribution in [0.5, 0.6) is 23.0 Å². The van der Waals surface area contributed by atoms with E-state index in [2.05, 4.69) is 173 Å². The van der Waals surface area contributed by atoms with Crippen LogP contribution >= 0.6 is 47.0 Å². The summed E-state index contributed by atoms with van der Waals surface area (Å²) in [5, 5.41) is 36.9. The molecule has 0 aliphatic carbocycles. The zero-order chi connectivity index (χ0) is 43.7. The van der Waals surface area contributed by atoms with Gasteiger partial charge in [-0.3, -0.25) is 0 Å². The van der Waals surface area contributed by atoms with Crippen molar-refractivity contribution in [2.75, 3.05) is 0 Å². The van der Waals surface area contributed by atoms with Crippen molar-refractivity contribution in [3.05, 3.63) is 70.8 Å². The van der Waals surface area contributed by atoms with Crippen LogP contribution in [0, 0.1) is 0 Å². The standard InChI is InChI=1S/C49H68O4S4Si/c1-27(2)58(28(3)4,29(5)6)53-45-40-25-33(49(16,17)18)26-41(45)57-39-24-32(48(13,14)15)22-37(44(39)52)55-35-20-30(46(7,8)9)19-34(42(35)50)54-36-21-31(47(10,11)12)23-38(56-40)43(36)51/h19-29,50-52H,1-18H3. The van der Waals surface area contributed by atoms with Crippen LogP contribution in [0.15, 0.2) is 87.7 Å². The van der Waals surface area contributed by atoms with Crippen molar-refractivity contribution in [3.63, 3.8) is 0 Å². The topological polar surface area (TPSA) is 69.9 Å². The SMILES string of the molecule is CC(C)[Si](Oc1c2cc(C(C)(C)C)cc1Sc1cc(C(C)(C)C)cc(c1O)Sc1cc(C(C)(C)C)cc(c1O)Sc1cc(C(C)(C)C)cc(c1O)S2)(C(C)C)C(C)C. The molecule has 0 unspecified atom stereocenters. The number of fused-ring (bicyclic) bond motifs is 8. The highest BCUT2D eigenvalue weighted by Crippen LogP contribution is 2.57. The number of rotatable bonds is 5. The molecule has 1 aliphatic rings. The Morgan fingerprint density at radius 2 is 0.569 bits per heavy atom. The van der Waals surface area contributed by atoms with E-state index in [1.165, 1.54) is 23.5 Å². The minimum absolute atomic E-state index is 0.132. The molecule has 0 fully saturated rings. The van der Waals surface area contributed by atoms with E-state index in [0.717, 1.165) is 47.6 Å². The molecule has 0 saturated carbocycles. The van der Waals surface area contributed by atoms with Crippen molar-refractivity contribution in [1.29, 1.82) is 0 Å². The summed E-state index contributed by atoms with van der Waals surface area (Å²) in [6.07, 6.45) is 0. The minimum atomic E-state index is -2.52. The Labute approximate surface area is 368 Å². The quantitative estimate of drug-likeness (QED) is 0.151. The van der Waals surface area contributed by atoms with E-state index in [1.54, 1.807) is 23.5 Å². The third-order valence-corrected chi connectivity index (χ3v) is 21.7. The fraction of sp³-hybridized carbons (Fsp3) is 0.510. The fourth-order valence-corrected chi connectivity index (χ4v) is 17.6. The van der Waals surface area contributed by atoms with Gasteiger partial charge in [0.2, 0.25) is 0 Å².